The van der Waals surface area contributed by atoms with Gasteiger partial charge in [-0.15, -0.1) is 0 Å². The second-order valence-electron chi connectivity index (χ2n) is 4.48. The smallest absolute Gasteiger partial charge is 0.328 e. The minimum absolute atomic E-state index is 0.162. The summed E-state index contributed by atoms with van der Waals surface area (Å²) in [6.45, 7) is 0.162. The molecule has 19 heavy (non-hydrogen) atoms. The maximum Gasteiger partial charge on any atom is 0.328 e. The maximum absolute atomic E-state index is 11.8. The minimum Gasteiger partial charge on any atom is -0.387 e. The Bertz CT molecular complexity index is 566. The van der Waals surface area contributed by atoms with Crippen molar-refractivity contribution in [3.05, 3.63) is 32.6 Å². The molecule has 0 spiro atoms. The Balaban J connectivity index is 2.41. The summed E-state index contributed by atoms with van der Waals surface area (Å²) in [5.74, 6) is 0. The van der Waals surface area contributed by atoms with E-state index in [4.69, 9.17) is 15.2 Å². The molecule has 0 aromatic carbocycles. The third kappa shape index (κ3) is 2.35. The number of aryl methyl sites for hydroxylation is 1. The number of H-pyrrole nitrogens is 1. The number of aromatic amines is 1. The number of hydrogen-bond donors (Lipinski definition) is 3. The topological polar surface area (TPSA) is 120 Å². The van der Waals surface area contributed by atoms with Crippen molar-refractivity contribution in [1.29, 1.82) is 0 Å². The SMILES string of the molecule is COC1[C@@H](CN)O[C@@H](c2cn(C)c(=O)[nH]c2=O)[C@H]1O. The van der Waals surface area contributed by atoms with Gasteiger partial charge in [0.1, 0.15) is 18.3 Å². The van der Waals surface area contributed by atoms with Crippen molar-refractivity contribution < 1.29 is 14.6 Å². The lowest BCUT2D eigenvalue weighted by molar-refractivity contribution is -0.00685. The molecular formula is C11H17N3O5. The van der Waals surface area contributed by atoms with E-state index in [1.165, 1.54) is 24.9 Å². The van der Waals surface area contributed by atoms with Crippen LogP contribution in [0.2, 0.25) is 0 Å². The first-order chi connectivity index (χ1) is 8.99. The van der Waals surface area contributed by atoms with Gasteiger partial charge in [-0.1, -0.05) is 0 Å². The molecule has 1 aromatic heterocycles. The molecule has 4 N–H and O–H groups in total. The molecule has 2 heterocycles. The third-order valence-electron chi connectivity index (χ3n) is 3.28. The number of aromatic nitrogens is 2. The Morgan fingerprint density at radius 1 is 1.58 bits per heavy atom. The molecule has 1 saturated heterocycles. The predicted molar refractivity (Wildman–Crippen MR) is 65.8 cm³/mol. The van der Waals surface area contributed by atoms with Gasteiger partial charge in [0.2, 0.25) is 0 Å². The number of nitrogens with two attached hydrogens (primary N) is 1. The van der Waals surface area contributed by atoms with Gasteiger partial charge >= 0.3 is 5.69 Å². The third-order valence-corrected chi connectivity index (χ3v) is 3.28. The van der Waals surface area contributed by atoms with Crippen LogP contribution in [0.3, 0.4) is 0 Å². The lowest BCUT2D eigenvalue weighted by Gasteiger charge is -2.17. The van der Waals surface area contributed by atoms with Crippen molar-refractivity contribution in [2.24, 2.45) is 12.8 Å². The second kappa shape index (κ2) is 5.25. The van der Waals surface area contributed by atoms with E-state index in [1.807, 2.05) is 0 Å². The van der Waals surface area contributed by atoms with Gasteiger partial charge in [0, 0.05) is 26.9 Å². The summed E-state index contributed by atoms with van der Waals surface area (Å²) in [5, 5.41) is 10.1. The number of aliphatic hydroxyl groups is 1. The van der Waals surface area contributed by atoms with Gasteiger partial charge in [0.15, 0.2) is 0 Å². The summed E-state index contributed by atoms with van der Waals surface area (Å²) in [5.41, 5.74) is 4.60. The van der Waals surface area contributed by atoms with Gasteiger partial charge in [0.25, 0.3) is 5.56 Å². The van der Waals surface area contributed by atoms with E-state index in [0.717, 1.165) is 0 Å². The molecule has 8 nitrogen and oxygen atoms in total. The zero-order valence-electron chi connectivity index (χ0n) is 10.7. The molecule has 8 heteroatoms. The van der Waals surface area contributed by atoms with E-state index in [0.29, 0.717) is 0 Å². The zero-order chi connectivity index (χ0) is 14.2. The van der Waals surface area contributed by atoms with Crippen LogP contribution in [0.15, 0.2) is 15.8 Å². The Labute approximate surface area is 108 Å². The molecule has 0 aliphatic carbocycles. The Kier molecular flexibility index (Phi) is 3.85. The number of nitrogens with one attached hydrogen (secondary N) is 1. The number of aliphatic hydroxyl groups excluding tert-OH is 1. The quantitative estimate of drug-likeness (QED) is 0.576. The Morgan fingerprint density at radius 2 is 2.26 bits per heavy atom. The van der Waals surface area contributed by atoms with Crippen molar-refractivity contribution in [2.45, 2.75) is 24.4 Å². The van der Waals surface area contributed by atoms with Crippen LogP contribution in [0.1, 0.15) is 11.7 Å². The number of ether oxygens (including phenoxy) is 2. The van der Waals surface area contributed by atoms with Crippen LogP contribution in [0.25, 0.3) is 0 Å². The fraction of sp³-hybridized carbons (Fsp3) is 0.636. The molecule has 0 radical (unpaired) electrons. The first kappa shape index (κ1) is 13.9. The van der Waals surface area contributed by atoms with Gasteiger partial charge in [0.05, 0.1) is 11.7 Å². The van der Waals surface area contributed by atoms with Crippen LogP contribution < -0.4 is 17.0 Å². The molecule has 2 rings (SSSR count). The van der Waals surface area contributed by atoms with Crippen molar-refractivity contribution in [2.75, 3.05) is 13.7 Å². The van der Waals surface area contributed by atoms with Crippen LogP contribution in [-0.2, 0) is 16.5 Å². The highest BCUT2D eigenvalue weighted by Crippen LogP contribution is 2.32. The Morgan fingerprint density at radius 3 is 2.79 bits per heavy atom. The molecule has 1 fully saturated rings. The average molecular weight is 271 g/mol. The fourth-order valence-electron chi connectivity index (χ4n) is 2.26. The molecule has 1 aliphatic rings. The molecule has 0 amide bonds. The first-order valence-corrected chi connectivity index (χ1v) is 5.85. The molecule has 1 unspecified atom stereocenters. The highest BCUT2D eigenvalue weighted by molar-refractivity contribution is 5.14. The van der Waals surface area contributed by atoms with Gasteiger partial charge in [-0.3, -0.25) is 9.78 Å². The van der Waals surface area contributed by atoms with E-state index in [9.17, 15) is 14.7 Å². The van der Waals surface area contributed by atoms with Crippen LogP contribution in [-0.4, -0.2) is 46.6 Å². The summed E-state index contributed by atoms with van der Waals surface area (Å²) < 4.78 is 11.9. The van der Waals surface area contributed by atoms with Crippen LogP contribution in [0.4, 0.5) is 0 Å². The molecule has 0 saturated carbocycles. The predicted octanol–water partition coefficient (Wildman–Crippen LogP) is -2.15. The van der Waals surface area contributed by atoms with Gasteiger partial charge in [-0.05, 0) is 0 Å². The van der Waals surface area contributed by atoms with Crippen molar-refractivity contribution in [3.8, 4) is 0 Å². The zero-order valence-corrected chi connectivity index (χ0v) is 10.7. The van der Waals surface area contributed by atoms with Crippen molar-refractivity contribution >= 4 is 0 Å². The second-order valence-corrected chi connectivity index (χ2v) is 4.48. The maximum atomic E-state index is 11.8. The van der Waals surface area contributed by atoms with Crippen molar-refractivity contribution in [3.63, 3.8) is 0 Å². The molecule has 1 aromatic rings. The van der Waals surface area contributed by atoms with Gasteiger partial charge in [-0.2, -0.15) is 0 Å². The van der Waals surface area contributed by atoms with Crippen LogP contribution >= 0.6 is 0 Å². The first-order valence-electron chi connectivity index (χ1n) is 5.85. The van der Waals surface area contributed by atoms with E-state index in [1.54, 1.807) is 0 Å². The minimum atomic E-state index is -1.02. The normalized spacial score (nSPS) is 30.7. The lowest BCUT2D eigenvalue weighted by atomic mass is 10.0. The number of hydrogen-bond acceptors (Lipinski definition) is 6. The summed E-state index contributed by atoms with van der Waals surface area (Å²) in [4.78, 5) is 25.2. The van der Waals surface area contributed by atoms with Crippen LogP contribution in [0.5, 0.6) is 0 Å². The van der Waals surface area contributed by atoms with Gasteiger partial charge < -0.3 is 24.9 Å². The van der Waals surface area contributed by atoms with E-state index < -0.39 is 35.7 Å². The lowest BCUT2D eigenvalue weighted by Crippen LogP contribution is -2.37. The molecule has 106 valence electrons. The summed E-state index contributed by atoms with van der Waals surface area (Å²) >= 11 is 0. The highest BCUT2D eigenvalue weighted by atomic mass is 16.6. The number of rotatable bonds is 3. The van der Waals surface area contributed by atoms with Crippen molar-refractivity contribution in [1.82, 2.24) is 9.55 Å². The van der Waals surface area contributed by atoms with Crippen LogP contribution in [0, 0.1) is 0 Å². The Hall–Kier alpha value is -1.48. The summed E-state index contributed by atoms with van der Waals surface area (Å²) in [6.07, 6.45) is -1.64. The van der Waals surface area contributed by atoms with Gasteiger partial charge in [-0.25, -0.2) is 4.79 Å². The summed E-state index contributed by atoms with van der Waals surface area (Å²) in [7, 11) is 2.94. The molecule has 4 atom stereocenters. The number of methoxy groups -OCH3 is 1. The largest absolute Gasteiger partial charge is 0.387 e. The van der Waals surface area contributed by atoms with E-state index in [2.05, 4.69) is 4.98 Å². The fourth-order valence-corrected chi connectivity index (χ4v) is 2.26. The monoisotopic (exact) mass is 271 g/mol. The summed E-state index contributed by atoms with van der Waals surface area (Å²) in [6, 6.07) is 0. The molecular weight excluding hydrogens is 254 g/mol. The molecule has 0 bridgehead atoms. The van der Waals surface area contributed by atoms with E-state index in [-0.39, 0.29) is 12.1 Å². The molecule has 1 aliphatic heterocycles. The number of nitrogens with zero attached hydrogens (tertiary/aromatic N) is 1. The van der Waals surface area contributed by atoms with E-state index >= 15 is 0 Å². The highest BCUT2D eigenvalue weighted by Gasteiger charge is 2.45. The standard InChI is InChI=1S/C11H17N3O5/c1-14-4-5(10(16)13-11(14)17)8-7(15)9(18-2)6(3-12)19-8/h4,6-9,15H,3,12H2,1-2H3,(H,13,16,17)/t6-,7-,8+,9?/m1/s1. The average Bonchev–Trinajstić information content (AvgIpc) is 2.70.